The topological polar surface area (TPSA) is 99.1 Å². The van der Waals surface area contributed by atoms with Gasteiger partial charge in [0.1, 0.15) is 11.5 Å². The second kappa shape index (κ2) is 6.11. The van der Waals surface area contributed by atoms with Gasteiger partial charge in [-0.2, -0.15) is 17.6 Å². The third kappa shape index (κ3) is 2.97. The number of fused-ring (bicyclic) bond motifs is 2. The van der Waals surface area contributed by atoms with Crippen LogP contribution in [0.5, 0.6) is 11.5 Å². The lowest BCUT2D eigenvalue weighted by Crippen LogP contribution is -2.52. The number of imidazole rings is 2. The Morgan fingerprint density at radius 2 is 1.74 bits per heavy atom. The van der Waals surface area contributed by atoms with Crippen molar-refractivity contribution in [1.82, 2.24) is 19.5 Å². The zero-order valence-electron chi connectivity index (χ0n) is 16.2. The van der Waals surface area contributed by atoms with Crippen molar-refractivity contribution in [3.05, 3.63) is 18.0 Å². The Labute approximate surface area is 173 Å². The summed E-state index contributed by atoms with van der Waals surface area (Å²) in [7, 11) is -2.07. The summed E-state index contributed by atoms with van der Waals surface area (Å²) < 4.78 is 89.2. The zero-order chi connectivity index (χ0) is 22.3. The summed E-state index contributed by atoms with van der Waals surface area (Å²) in [6.45, 7) is 1.50. The van der Waals surface area contributed by atoms with Crippen LogP contribution in [0, 0.1) is 0 Å². The number of benzene rings is 1. The molecule has 2 aliphatic rings. The number of sulfone groups is 1. The van der Waals surface area contributed by atoms with Crippen LogP contribution < -0.4 is 9.47 Å². The highest BCUT2D eigenvalue weighted by Crippen LogP contribution is 2.48. The fourth-order valence-electron chi connectivity index (χ4n) is 3.54. The molecular formula is C18H16F4N4O4S. The number of nitrogens with zero attached hydrogens (tertiary/aromatic N) is 3. The smallest absolute Gasteiger partial charge is 0.421 e. The summed E-state index contributed by atoms with van der Waals surface area (Å²) in [5, 5.41) is -0.0220. The highest BCUT2D eigenvalue weighted by molar-refractivity contribution is 7.91. The standard InChI is InChI=1S/C18H16F4N4O4S/c1-3-31(27,28)16-13(25-15(26(16)2)8-4-5-8)14-23-9-6-11-12(7-10(9)24-14)30-18(21,22)17(19,20)29-11/h6-8H,3-5H2,1-2H3,(H,23,24). The Morgan fingerprint density at radius 1 is 1.13 bits per heavy atom. The van der Waals surface area contributed by atoms with Crippen molar-refractivity contribution in [2.45, 2.75) is 42.9 Å². The van der Waals surface area contributed by atoms with Crippen LogP contribution in [-0.2, 0) is 16.9 Å². The molecule has 1 saturated carbocycles. The van der Waals surface area contributed by atoms with Gasteiger partial charge in [0.15, 0.2) is 32.2 Å². The van der Waals surface area contributed by atoms with Crippen molar-refractivity contribution in [3.63, 3.8) is 0 Å². The minimum atomic E-state index is -4.85. The summed E-state index contributed by atoms with van der Waals surface area (Å²) in [5.74, 6) is -0.558. The first-order chi connectivity index (χ1) is 14.4. The Hall–Kier alpha value is -2.83. The predicted molar refractivity (Wildman–Crippen MR) is 99.1 cm³/mol. The molecule has 13 heteroatoms. The average molecular weight is 460 g/mol. The van der Waals surface area contributed by atoms with E-state index in [0.29, 0.717) is 5.82 Å². The molecule has 3 aromatic rings. The van der Waals surface area contributed by atoms with E-state index in [-0.39, 0.29) is 39.2 Å². The van der Waals surface area contributed by atoms with Crippen LogP contribution in [0.15, 0.2) is 17.2 Å². The molecule has 5 rings (SSSR count). The van der Waals surface area contributed by atoms with Gasteiger partial charge in [-0.25, -0.2) is 18.4 Å². The van der Waals surface area contributed by atoms with E-state index >= 15 is 0 Å². The third-order valence-corrected chi connectivity index (χ3v) is 7.10. The average Bonchev–Trinajstić information content (AvgIpc) is 3.33. The molecule has 0 radical (unpaired) electrons. The van der Waals surface area contributed by atoms with Gasteiger partial charge in [-0.05, 0) is 12.8 Å². The number of aromatic nitrogens is 4. The molecule has 31 heavy (non-hydrogen) atoms. The van der Waals surface area contributed by atoms with Crippen LogP contribution in [0.2, 0.25) is 0 Å². The van der Waals surface area contributed by atoms with E-state index in [1.165, 1.54) is 11.5 Å². The maximum Gasteiger partial charge on any atom is 0.507 e. The van der Waals surface area contributed by atoms with Crippen LogP contribution in [0.4, 0.5) is 17.6 Å². The molecule has 0 spiro atoms. The maximum absolute atomic E-state index is 13.5. The minimum absolute atomic E-state index is 0.0220. The summed E-state index contributed by atoms with van der Waals surface area (Å²) in [5.41, 5.74) is 0.339. The van der Waals surface area contributed by atoms with Crippen LogP contribution in [0.1, 0.15) is 31.5 Å². The Morgan fingerprint density at radius 3 is 2.32 bits per heavy atom. The number of alkyl halides is 4. The first kappa shape index (κ1) is 20.1. The molecule has 1 fully saturated rings. The normalized spacial score (nSPS) is 19.7. The molecule has 0 saturated heterocycles. The lowest BCUT2D eigenvalue weighted by Gasteiger charge is -2.31. The highest BCUT2D eigenvalue weighted by Gasteiger charge is 2.66. The van der Waals surface area contributed by atoms with Gasteiger partial charge in [-0.1, -0.05) is 6.92 Å². The molecule has 2 aromatic heterocycles. The molecule has 3 heterocycles. The van der Waals surface area contributed by atoms with E-state index in [4.69, 9.17) is 0 Å². The number of rotatable bonds is 4. The summed E-state index contributed by atoms with van der Waals surface area (Å²) in [6, 6.07) is 2.07. The van der Waals surface area contributed by atoms with Crippen molar-refractivity contribution >= 4 is 20.9 Å². The number of hydrogen-bond acceptors (Lipinski definition) is 6. The first-order valence-electron chi connectivity index (χ1n) is 9.40. The Kier molecular flexibility index (Phi) is 3.96. The van der Waals surface area contributed by atoms with Gasteiger partial charge in [0.25, 0.3) is 0 Å². The van der Waals surface area contributed by atoms with Crippen molar-refractivity contribution in [2.24, 2.45) is 7.05 Å². The van der Waals surface area contributed by atoms with Gasteiger partial charge in [0.05, 0.1) is 16.8 Å². The molecule has 1 aliphatic heterocycles. The molecule has 1 aliphatic carbocycles. The predicted octanol–water partition coefficient (Wildman–Crippen LogP) is 3.59. The molecule has 1 aromatic carbocycles. The molecular weight excluding hydrogens is 444 g/mol. The number of nitrogens with one attached hydrogen (secondary N) is 1. The zero-order valence-corrected chi connectivity index (χ0v) is 17.1. The number of halogens is 4. The third-order valence-electron chi connectivity index (χ3n) is 5.28. The number of hydrogen-bond donors (Lipinski definition) is 1. The van der Waals surface area contributed by atoms with Gasteiger partial charge in [-0.3, -0.25) is 0 Å². The SMILES string of the molecule is CCS(=O)(=O)c1c(-c2nc3cc4c(cc3[nH]2)OC(F)(F)C(F)(F)O4)nc(C2CC2)n1C. The van der Waals surface area contributed by atoms with Gasteiger partial charge in [0.2, 0.25) is 0 Å². The molecule has 166 valence electrons. The van der Waals surface area contributed by atoms with Crippen molar-refractivity contribution in [1.29, 1.82) is 0 Å². The quantitative estimate of drug-likeness (QED) is 0.598. The van der Waals surface area contributed by atoms with Gasteiger partial charge < -0.3 is 19.0 Å². The lowest BCUT2D eigenvalue weighted by molar-refractivity contribution is -0.391. The molecule has 1 N–H and O–H groups in total. The van der Waals surface area contributed by atoms with E-state index in [1.54, 1.807) is 7.05 Å². The molecule has 0 unspecified atom stereocenters. The van der Waals surface area contributed by atoms with Crippen molar-refractivity contribution in [3.8, 4) is 23.0 Å². The molecule has 0 bridgehead atoms. The van der Waals surface area contributed by atoms with E-state index in [0.717, 1.165) is 25.0 Å². The largest absolute Gasteiger partial charge is 0.507 e. The van der Waals surface area contributed by atoms with E-state index in [2.05, 4.69) is 24.4 Å². The van der Waals surface area contributed by atoms with Crippen LogP contribution in [0.25, 0.3) is 22.6 Å². The minimum Gasteiger partial charge on any atom is -0.421 e. The van der Waals surface area contributed by atoms with Gasteiger partial charge >= 0.3 is 12.2 Å². The van der Waals surface area contributed by atoms with E-state index in [1.807, 2.05) is 0 Å². The Bertz CT molecular complexity index is 1280. The fraction of sp³-hybridized carbons (Fsp3) is 0.444. The summed E-state index contributed by atoms with van der Waals surface area (Å²) >= 11 is 0. The molecule has 0 amide bonds. The van der Waals surface area contributed by atoms with Crippen LogP contribution in [-0.4, -0.2) is 45.9 Å². The lowest BCUT2D eigenvalue weighted by atomic mass is 10.2. The van der Waals surface area contributed by atoms with Crippen molar-refractivity contribution in [2.75, 3.05) is 5.75 Å². The Balaban J connectivity index is 1.67. The molecule has 8 nitrogen and oxygen atoms in total. The fourth-order valence-corrected chi connectivity index (χ4v) is 4.76. The maximum atomic E-state index is 13.5. The van der Waals surface area contributed by atoms with E-state index < -0.39 is 33.6 Å². The van der Waals surface area contributed by atoms with Crippen LogP contribution >= 0.6 is 0 Å². The second-order valence-corrected chi connectivity index (χ2v) is 9.69. The number of ether oxygens (including phenoxy) is 2. The van der Waals surface area contributed by atoms with Gasteiger partial charge in [0, 0.05) is 25.1 Å². The monoisotopic (exact) mass is 460 g/mol. The second-order valence-electron chi connectivity index (χ2n) is 7.50. The highest BCUT2D eigenvalue weighted by atomic mass is 32.2. The molecule has 0 atom stereocenters. The van der Waals surface area contributed by atoms with Crippen LogP contribution in [0.3, 0.4) is 0 Å². The number of aromatic amines is 1. The summed E-state index contributed by atoms with van der Waals surface area (Å²) in [4.78, 5) is 11.6. The van der Waals surface area contributed by atoms with Gasteiger partial charge in [-0.15, -0.1) is 0 Å². The number of H-pyrrole nitrogens is 1. The summed E-state index contributed by atoms with van der Waals surface area (Å²) in [6.07, 6.45) is -7.92. The first-order valence-corrected chi connectivity index (χ1v) is 11.1. The van der Waals surface area contributed by atoms with E-state index in [9.17, 15) is 26.0 Å². The van der Waals surface area contributed by atoms with Crippen molar-refractivity contribution < 1.29 is 35.5 Å².